The Hall–Kier alpha value is -3.32. The van der Waals surface area contributed by atoms with Gasteiger partial charge in [-0.15, -0.1) is 0 Å². The molecule has 3 aromatic rings. The summed E-state index contributed by atoms with van der Waals surface area (Å²) in [4.78, 5) is 32.9. The molecular weight excluding hydrogens is 392 g/mol. The Bertz CT molecular complexity index is 1010. The number of benzene rings is 2. The first kappa shape index (κ1) is 19.0. The number of carbonyl (C=O) groups is 2. The molecule has 8 heteroatoms. The SMILES string of the molecule is O=C(Nc1nc(C(=O)N2CCN(c3ccccc3Cl)CC2)co1)c1ccccc1. The van der Waals surface area contributed by atoms with Crippen molar-refractivity contribution in [1.82, 2.24) is 9.88 Å². The van der Waals surface area contributed by atoms with E-state index in [-0.39, 0.29) is 23.5 Å². The van der Waals surface area contributed by atoms with Gasteiger partial charge in [0.15, 0.2) is 5.69 Å². The molecule has 2 heterocycles. The van der Waals surface area contributed by atoms with E-state index in [1.807, 2.05) is 30.3 Å². The highest BCUT2D eigenvalue weighted by Gasteiger charge is 2.25. The Balaban J connectivity index is 1.36. The molecule has 1 aromatic heterocycles. The highest BCUT2D eigenvalue weighted by Crippen LogP contribution is 2.26. The molecule has 1 fully saturated rings. The smallest absolute Gasteiger partial charge is 0.302 e. The zero-order valence-electron chi connectivity index (χ0n) is 15.5. The van der Waals surface area contributed by atoms with Gasteiger partial charge in [-0.05, 0) is 24.3 Å². The van der Waals surface area contributed by atoms with Gasteiger partial charge < -0.3 is 14.2 Å². The van der Waals surface area contributed by atoms with Gasteiger partial charge in [0, 0.05) is 31.7 Å². The number of halogens is 1. The molecule has 0 bridgehead atoms. The third-order valence-electron chi connectivity index (χ3n) is 4.74. The number of aromatic nitrogens is 1. The van der Waals surface area contributed by atoms with Crippen LogP contribution in [0.25, 0.3) is 0 Å². The van der Waals surface area contributed by atoms with Crippen molar-refractivity contribution in [2.24, 2.45) is 0 Å². The van der Waals surface area contributed by atoms with E-state index in [1.165, 1.54) is 6.26 Å². The lowest BCUT2D eigenvalue weighted by molar-refractivity contribution is 0.0740. The van der Waals surface area contributed by atoms with E-state index < -0.39 is 0 Å². The van der Waals surface area contributed by atoms with Crippen molar-refractivity contribution in [1.29, 1.82) is 0 Å². The van der Waals surface area contributed by atoms with Crippen molar-refractivity contribution in [2.45, 2.75) is 0 Å². The average molecular weight is 411 g/mol. The van der Waals surface area contributed by atoms with E-state index in [4.69, 9.17) is 16.0 Å². The molecule has 0 unspecified atom stereocenters. The summed E-state index contributed by atoms with van der Waals surface area (Å²) >= 11 is 6.26. The quantitative estimate of drug-likeness (QED) is 0.711. The highest BCUT2D eigenvalue weighted by atomic mass is 35.5. The molecule has 1 N–H and O–H groups in total. The van der Waals surface area contributed by atoms with Gasteiger partial charge in [0.05, 0.1) is 10.7 Å². The predicted octanol–water partition coefficient (Wildman–Crippen LogP) is 3.54. The molecular formula is C21H19ClN4O3. The third-order valence-corrected chi connectivity index (χ3v) is 5.06. The van der Waals surface area contributed by atoms with Crippen LogP contribution in [0.15, 0.2) is 65.3 Å². The molecule has 1 aliphatic heterocycles. The van der Waals surface area contributed by atoms with Crippen molar-refractivity contribution in [3.8, 4) is 0 Å². The number of para-hydroxylation sites is 1. The second kappa shape index (κ2) is 8.36. The van der Waals surface area contributed by atoms with Crippen molar-refractivity contribution in [3.63, 3.8) is 0 Å². The fraction of sp³-hybridized carbons (Fsp3) is 0.190. The average Bonchev–Trinajstić information content (AvgIpc) is 3.23. The van der Waals surface area contributed by atoms with Crippen LogP contribution in [0.5, 0.6) is 0 Å². The normalized spacial score (nSPS) is 14.0. The molecule has 0 saturated carbocycles. The van der Waals surface area contributed by atoms with Crippen molar-refractivity contribution < 1.29 is 14.0 Å². The number of amides is 2. The molecule has 1 saturated heterocycles. The van der Waals surface area contributed by atoms with Crippen LogP contribution >= 0.6 is 11.6 Å². The molecule has 7 nitrogen and oxygen atoms in total. The lowest BCUT2D eigenvalue weighted by Gasteiger charge is -2.36. The summed E-state index contributed by atoms with van der Waals surface area (Å²) < 4.78 is 5.26. The van der Waals surface area contributed by atoms with E-state index in [2.05, 4.69) is 15.2 Å². The largest absolute Gasteiger partial charge is 0.431 e. The second-order valence-corrected chi connectivity index (χ2v) is 7.00. The molecule has 29 heavy (non-hydrogen) atoms. The summed E-state index contributed by atoms with van der Waals surface area (Å²) in [5.74, 6) is -0.576. The molecule has 0 spiro atoms. The first-order chi connectivity index (χ1) is 14.1. The molecule has 0 atom stereocenters. The Kier molecular flexibility index (Phi) is 5.48. The number of rotatable bonds is 4. The van der Waals surface area contributed by atoms with Crippen LogP contribution in [0.3, 0.4) is 0 Å². The van der Waals surface area contributed by atoms with Gasteiger partial charge in [0.1, 0.15) is 6.26 Å². The molecule has 0 aliphatic carbocycles. The number of carbonyl (C=O) groups excluding carboxylic acids is 2. The van der Waals surface area contributed by atoms with Crippen LogP contribution in [-0.2, 0) is 0 Å². The lowest BCUT2D eigenvalue weighted by atomic mass is 10.2. The van der Waals surface area contributed by atoms with Gasteiger partial charge in [-0.1, -0.05) is 41.9 Å². The van der Waals surface area contributed by atoms with Gasteiger partial charge in [0.25, 0.3) is 11.8 Å². The Morgan fingerprint density at radius 3 is 2.38 bits per heavy atom. The van der Waals surface area contributed by atoms with Crippen LogP contribution in [0.2, 0.25) is 5.02 Å². The second-order valence-electron chi connectivity index (χ2n) is 6.59. The van der Waals surface area contributed by atoms with Gasteiger partial charge in [-0.2, -0.15) is 4.98 Å². The summed E-state index contributed by atoms with van der Waals surface area (Å²) in [6.45, 7) is 2.43. The number of piperazine rings is 1. The lowest BCUT2D eigenvalue weighted by Crippen LogP contribution is -2.49. The van der Waals surface area contributed by atoms with Crippen LogP contribution in [0.4, 0.5) is 11.7 Å². The minimum absolute atomic E-state index is 0.00286. The number of hydrogen-bond acceptors (Lipinski definition) is 5. The fourth-order valence-electron chi connectivity index (χ4n) is 3.21. The number of hydrogen-bond donors (Lipinski definition) is 1. The Labute approximate surface area is 172 Å². The fourth-order valence-corrected chi connectivity index (χ4v) is 3.46. The topological polar surface area (TPSA) is 78.7 Å². The minimum atomic E-state index is -0.347. The Morgan fingerprint density at radius 1 is 0.966 bits per heavy atom. The standard InChI is InChI=1S/C21H19ClN4O3/c22-16-8-4-5-9-18(16)25-10-12-26(13-11-25)20(28)17-14-29-21(23-17)24-19(27)15-6-2-1-3-7-15/h1-9,14H,10-13H2,(H,23,24,27). The number of oxazole rings is 1. The van der Waals surface area contributed by atoms with Crippen LogP contribution in [-0.4, -0.2) is 47.9 Å². The van der Waals surface area contributed by atoms with Crippen molar-refractivity contribution in [3.05, 3.63) is 77.1 Å². The van der Waals surface area contributed by atoms with E-state index in [0.29, 0.717) is 36.8 Å². The first-order valence-electron chi connectivity index (χ1n) is 9.22. The van der Waals surface area contributed by atoms with Gasteiger partial charge in [-0.25, -0.2) is 0 Å². The van der Waals surface area contributed by atoms with E-state index in [0.717, 1.165) is 5.69 Å². The van der Waals surface area contributed by atoms with E-state index in [1.54, 1.807) is 29.2 Å². The minimum Gasteiger partial charge on any atom is -0.431 e. The highest BCUT2D eigenvalue weighted by molar-refractivity contribution is 6.33. The van der Waals surface area contributed by atoms with Crippen LogP contribution < -0.4 is 10.2 Å². The van der Waals surface area contributed by atoms with Gasteiger partial charge in [-0.3, -0.25) is 14.9 Å². The maximum absolute atomic E-state index is 12.7. The van der Waals surface area contributed by atoms with Gasteiger partial charge in [0.2, 0.25) is 0 Å². The summed E-state index contributed by atoms with van der Waals surface area (Å²) in [6.07, 6.45) is 1.27. The molecule has 4 rings (SSSR count). The maximum Gasteiger partial charge on any atom is 0.302 e. The molecule has 148 valence electrons. The summed E-state index contributed by atoms with van der Waals surface area (Å²) in [6, 6.07) is 16.4. The number of anilines is 2. The van der Waals surface area contributed by atoms with Gasteiger partial charge >= 0.3 is 6.01 Å². The van der Waals surface area contributed by atoms with Crippen molar-refractivity contribution >= 4 is 35.1 Å². The summed E-state index contributed by atoms with van der Waals surface area (Å²) in [5.41, 5.74) is 1.61. The van der Waals surface area contributed by atoms with Crippen molar-refractivity contribution in [2.75, 3.05) is 36.4 Å². The summed E-state index contributed by atoms with van der Waals surface area (Å²) in [7, 11) is 0. The monoisotopic (exact) mass is 410 g/mol. The maximum atomic E-state index is 12.7. The zero-order chi connectivity index (χ0) is 20.2. The first-order valence-corrected chi connectivity index (χ1v) is 9.60. The predicted molar refractivity (Wildman–Crippen MR) is 110 cm³/mol. The number of nitrogens with zero attached hydrogens (tertiary/aromatic N) is 3. The molecule has 2 aromatic carbocycles. The molecule has 1 aliphatic rings. The molecule has 0 radical (unpaired) electrons. The summed E-state index contributed by atoms with van der Waals surface area (Å²) in [5, 5.41) is 3.26. The molecule has 2 amide bonds. The van der Waals surface area contributed by atoms with E-state index >= 15 is 0 Å². The van der Waals surface area contributed by atoms with Crippen LogP contribution in [0.1, 0.15) is 20.8 Å². The zero-order valence-corrected chi connectivity index (χ0v) is 16.3. The Morgan fingerprint density at radius 2 is 1.66 bits per heavy atom. The number of nitrogens with one attached hydrogen (secondary N) is 1. The van der Waals surface area contributed by atoms with Crippen LogP contribution in [0, 0.1) is 0 Å². The third kappa shape index (κ3) is 4.25. The van der Waals surface area contributed by atoms with E-state index in [9.17, 15) is 9.59 Å².